The van der Waals surface area contributed by atoms with Crippen molar-refractivity contribution in [2.45, 2.75) is 32.3 Å². The first-order chi connectivity index (χ1) is 9.67. The highest BCUT2D eigenvalue weighted by Gasteiger charge is 2.41. The van der Waals surface area contributed by atoms with Gasteiger partial charge in [-0.3, -0.25) is 4.79 Å². The summed E-state index contributed by atoms with van der Waals surface area (Å²) in [4.78, 5) is 11.9. The van der Waals surface area contributed by atoms with E-state index in [-0.39, 0.29) is 31.5 Å². The summed E-state index contributed by atoms with van der Waals surface area (Å²) in [6, 6.07) is 11.7. The number of aliphatic hydroxyl groups is 1. The smallest absolute Gasteiger partial charge is 0.307 e. The van der Waals surface area contributed by atoms with Gasteiger partial charge in [0.2, 0.25) is 0 Å². The Morgan fingerprint density at radius 1 is 1.45 bits per heavy atom. The van der Waals surface area contributed by atoms with E-state index >= 15 is 0 Å². The van der Waals surface area contributed by atoms with E-state index in [4.69, 9.17) is 9.84 Å². The third kappa shape index (κ3) is 3.58. The Hall–Kier alpha value is -1.86. The standard InChI is InChI=1S/C16H19NO3/c17-12-16(7-6-14(8-16)10-18)9-15(19)20-11-13-4-2-1-3-5-13/h1-5,14,18H,6-11H2. The number of carbonyl (C=O) groups is 1. The fourth-order valence-corrected chi connectivity index (χ4v) is 2.76. The summed E-state index contributed by atoms with van der Waals surface area (Å²) >= 11 is 0. The summed E-state index contributed by atoms with van der Waals surface area (Å²) in [6.45, 7) is 0.326. The Labute approximate surface area is 119 Å². The van der Waals surface area contributed by atoms with Gasteiger partial charge in [0, 0.05) is 6.61 Å². The number of nitriles is 1. The van der Waals surface area contributed by atoms with E-state index in [1.807, 2.05) is 30.3 Å². The molecule has 1 N–H and O–H groups in total. The highest BCUT2D eigenvalue weighted by Crippen LogP contribution is 2.44. The molecular weight excluding hydrogens is 254 g/mol. The van der Waals surface area contributed by atoms with Crippen LogP contribution in [0.15, 0.2) is 30.3 Å². The largest absolute Gasteiger partial charge is 0.461 e. The molecule has 2 unspecified atom stereocenters. The topological polar surface area (TPSA) is 70.3 Å². The van der Waals surface area contributed by atoms with Crippen LogP contribution in [0.5, 0.6) is 0 Å². The number of nitrogens with zero attached hydrogens (tertiary/aromatic N) is 1. The minimum atomic E-state index is -0.652. The van der Waals surface area contributed by atoms with Crippen molar-refractivity contribution < 1.29 is 14.6 Å². The first-order valence-electron chi connectivity index (χ1n) is 6.89. The Bertz CT molecular complexity index is 494. The molecule has 0 radical (unpaired) electrons. The molecule has 1 saturated carbocycles. The monoisotopic (exact) mass is 273 g/mol. The number of carbonyl (C=O) groups excluding carboxylic acids is 1. The molecule has 0 saturated heterocycles. The first-order valence-corrected chi connectivity index (χ1v) is 6.89. The van der Waals surface area contributed by atoms with Crippen molar-refractivity contribution in [3.05, 3.63) is 35.9 Å². The lowest BCUT2D eigenvalue weighted by molar-refractivity contribution is -0.147. The second-order valence-electron chi connectivity index (χ2n) is 5.51. The van der Waals surface area contributed by atoms with Gasteiger partial charge in [0.25, 0.3) is 0 Å². The number of ether oxygens (including phenoxy) is 1. The zero-order valence-electron chi connectivity index (χ0n) is 11.4. The number of aliphatic hydroxyl groups excluding tert-OH is 1. The van der Waals surface area contributed by atoms with Crippen molar-refractivity contribution >= 4 is 5.97 Å². The van der Waals surface area contributed by atoms with Gasteiger partial charge in [-0.15, -0.1) is 0 Å². The maximum atomic E-state index is 11.9. The van der Waals surface area contributed by atoms with Crippen LogP contribution in [0.2, 0.25) is 0 Å². The van der Waals surface area contributed by atoms with E-state index in [0.717, 1.165) is 12.0 Å². The minimum absolute atomic E-state index is 0.0858. The molecule has 1 aliphatic rings. The van der Waals surface area contributed by atoms with Crippen molar-refractivity contribution in [2.24, 2.45) is 11.3 Å². The van der Waals surface area contributed by atoms with Gasteiger partial charge in [-0.05, 0) is 30.7 Å². The predicted octanol–water partition coefficient (Wildman–Crippen LogP) is 2.42. The van der Waals surface area contributed by atoms with E-state index < -0.39 is 5.41 Å². The number of esters is 1. The SMILES string of the molecule is N#CC1(CC(=O)OCc2ccccc2)CCC(CO)C1. The van der Waals surface area contributed by atoms with Crippen LogP contribution >= 0.6 is 0 Å². The molecule has 1 aliphatic carbocycles. The molecule has 2 rings (SSSR count). The summed E-state index contributed by atoms with van der Waals surface area (Å²) in [5.41, 5.74) is 0.285. The minimum Gasteiger partial charge on any atom is -0.461 e. The van der Waals surface area contributed by atoms with Gasteiger partial charge in [-0.1, -0.05) is 30.3 Å². The fourth-order valence-electron chi connectivity index (χ4n) is 2.76. The lowest BCUT2D eigenvalue weighted by Crippen LogP contribution is -2.21. The molecule has 0 bridgehead atoms. The lowest BCUT2D eigenvalue weighted by Gasteiger charge is -2.19. The van der Waals surface area contributed by atoms with Crippen LogP contribution in [0.4, 0.5) is 0 Å². The van der Waals surface area contributed by atoms with Crippen LogP contribution < -0.4 is 0 Å². The number of rotatable bonds is 5. The molecule has 0 spiro atoms. The molecule has 1 fully saturated rings. The molecule has 1 aromatic carbocycles. The van der Waals surface area contributed by atoms with E-state index in [9.17, 15) is 10.1 Å². The molecule has 20 heavy (non-hydrogen) atoms. The van der Waals surface area contributed by atoms with E-state index in [1.54, 1.807) is 0 Å². The van der Waals surface area contributed by atoms with Gasteiger partial charge >= 0.3 is 5.97 Å². The van der Waals surface area contributed by atoms with Gasteiger partial charge in [0.1, 0.15) is 6.61 Å². The zero-order chi connectivity index (χ0) is 14.4. The number of hydrogen-bond donors (Lipinski definition) is 1. The molecule has 0 amide bonds. The van der Waals surface area contributed by atoms with Crippen LogP contribution in [-0.4, -0.2) is 17.7 Å². The molecule has 0 aromatic heterocycles. The normalized spacial score (nSPS) is 25.1. The molecule has 0 heterocycles. The summed E-state index contributed by atoms with van der Waals surface area (Å²) in [6.07, 6.45) is 2.17. The van der Waals surface area contributed by atoms with Crippen molar-refractivity contribution in [3.63, 3.8) is 0 Å². The Balaban J connectivity index is 1.86. The number of benzene rings is 1. The van der Waals surface area contributed by atoms with Crippen LogP contribution in [0, 0.1) is 22.7 Å². The third-order valence-electron chi connectivity index (χ3n) is 3.93. The van der Waals surface area contributed by atoms with Gasteiger partial charge in [-0.2, -0.15) is 5.26 Å². The molecule has 0 aliphatic heterocycles. The van der Waals surface area contributed by atoms with Crippen LogP contribution in [0.1, 0.15) is 31.2 Å². The second kappa shape index (κ2) is 6.53. The van der Waals surface area contributed by atoms with Gasteiger partial charge in [0.15, 0.2) is 0 Å². The maximum absolute atomic E-state index is 11.9. The van der Waals surface area contributed by atoms with Crippen LogP contribution in [0.3, 0.4) is 0 Å². The zero-order valence-corrected chi connectivity index (χ0v) is 11.4. The summed E-state index contributed by atoms with van der Waals surface area (Å²) in [7, 11) is 0. The Morgan fingerprint density at radius 3 is 2.80 bits per heavy atom. The second-order valence-corrected chi connectivity index (χ2v) is 5.51. The summed E-state index contributed by atoms with van der Waals surface area (Å²) in [5.74, 6) is -0.203. The van der Waals surface area contributed by atoms with E-state index in [2.05, 4.69) is 6.07 Å². The van der Waals surface area contributed by atoms with Crippen LogP contribution in [-0.2, 0) is 16.1 Å². The maximum Gasteiger partial charge on any atom is 0.307 e. The first kappa shape index (κ1) is 14.5. The van der Waals surface area contributed by atoms with Gasteiger partial charge < -0.3 is 9.84 Å². The molecule has 2 atom stereocenters. The summed E-state index contributed by atoms with van der Waals surface area (Å²) in [5, 5.41) is 18.5. The average molecular weight is 273 g/mol. The van der Waals surface area contributed by atoms with Crippen molar-refractivity contribution in [1.82, 2.24) is 0 Å². The molecule has 1 aromatic rings. The van der Waals surface area contributed by atoms with Crippen molar-refractivity contribution in [1.29, 1.82) is 5.26 Å². The van der Waals surface area contributed by atoms with Crippen LogP contribution in [0.25, 0.3) is 0 Å². The Morgan fingerprint density at radius 2 is 2.20 bits per heavy atom. The van der Waals surface area contributed by atoms with Gasteiger partial charge in [-0.25, -0.2) is 0 Å². The molecule has 4 nitrogen and oxygen atoms in total. The highest BCUT2D eigenvalue weighted by molar-refractivity contribution is 5.71. The summed E-state index contributed by atoms with van der Waals surface area (Å²) < 4.78 is 5.23. The Kier molecular flexibility index (Phi) is 4.75. The number of hydrogen-bond acceptors (Lipinski definition) is 4. The lowest BCUT2D eigenvalue weighted by atomic mass is 9.83. The van der Waals surface area contributed by atoms with E-state index in [0.29, 0.717) is 12.8 Å². The predicted molar refractivity (Wildman–Crippen MR) is 73.3 cm³/mol. The average Bonchev–Trinajstić information content (AvgIpc) is 2.90. The van der Waals surface area contributed by atoms with Crippen molar-refractivity contribution in [3.8, 4) is 6.07 Å². The third-order valence-corrected chi connectivity index (χ3v) is 3.93. The quantitative estimate of drug-likeness (QED) is 0.836. The van der Waals surface area contributed by atoms with Gasteiger partial charge in [0.05, 0.1) is 17.9 Å². The van der Waals surface area contributed by atoms with Crippen molar-refractivity contribution in [2.75, 3.05) is 6.61 Å². The molecular formula is C16H19NO3. The molecule has 106 valence electrons. The molecule has 4 heteroatoms. The fraction of sp³-hybridized carbons (Fsp3) is 0.500. The highest BCUT2D eigenvalue weighted by atomic mass is 16.5. The van der Waals surface area contributed by atoms with E-state index in [1.165, 1.54) is 0 Å².